The fraction of sp³-hybridized carbons (Fsp3) is 0.571. The van der Waals surface area contributed by atoms with E-state index in [0.717, 1.165) is 24.9 Å². The second-order valence-corrected chi connectivity index (χ2v) is 4.99. The van der Waals surface area contributed by atoms with E-state index in [1.165, 1.54) is 12.5 Å². The summed E-state index contributed by atoms with van der Waals surface area (Å²) in [7, 11) is 0. The summed E-state index contributed by atoms with van der Waals surface area (Å²) in [5, 5.41) is 14.4. The zero-order chi connectivity index (χ0) is 13.9. The summed E-state index contributed by atoms with van der Waals surface area (Å²) in [5.41, 5.74) is 1.08. The maximum Gasteiger partial charge on any atom is 0.311 e. The van der Waals surface area contributed by atoms with Crippen LogP contribution in [-0.2, 0) is 0 Å². The summed E-state index contributed by atoms with van der Waals surface area (Å²) in [6, 6.07) is 5.00. The van der Waals surface area contributed by atoms with Crippen LogP contribution in [0.15, 0.2) is 18.2 Å². The summed E-state index contributed by atoms with van der Waals surface area (Å²) < 4.78 is 5.36. The van der Waals surface area contributed by atoms with Crippen LogP contribution in [0, 0.1) is 10.1 Å². The van der Waals surface area contributed by atoms with Crippen LogP contribution in [0.3, 0.4) is 0 Å². The lowest BCUT2D eigenvalue weighted by atomic mass is 9.74. The van der Waals surface area contributed by atoms with E-state index in [9.17, 15) is 10.1 Å². The molecule has 0 heterocycles. The van der Waals surface area contributed by atoms with Crippen molar-refractivity contribution < 1.29 is 9.66 Å². The van der Waals surface area contributed by atoms with Gasteiger partial charge in [0.05, 0.1) is 11.5 Å². The number of hydrogen-bond acceptors (Lipinski definition) is 4. The Kier molecular flexibility index (Phi) is 3.93. The molecule has 0 saturated heterocycles. The SMILES string of the molecule is CCOc1cc(NC2(CC)CCC2)ccc1[N+](=O)[O-]. The highest BCUT2D eigenvalue weighted by molar-refractivity contribution is 5.59. The predicted octanol–water partition coefficient (Wildman–Crippen LogP) is 3.74. The fourth-order valence-electron chi connectivity index (χ4n) is 2.49. The Morgan fingerprint density at radius 1 is 1.42 bits per heavy atom. The minimum absolute atomic E-state index is 0.0200. The van der Waals surface area contributed by atoms with E-state index in [4.69, 9.17) is 4.74 Å². The molecule has 0 aliphatic heterocycles. The van der Waals surface area contributed by atoms with Crippen molar-refractivity contribution in [1.82, 2.24) is 0 Å². The van der Waals surface area contributed by atoms with Gasteiger partial charge in [-0.2, -0.15) is 0 Å². The van der Waals surface area contributed by atoms with Gasteiger partial charge >= 0.3 is 5.69 Å². The Balaban J connectivity index is 2.22. The molecule has 0 amide bonds. The molecule has 1 saturated carbocycles. The number of nitrogens with one attached hydrogen (secondary N) is 1. The average molecular weight is 264 g/mol. The van der Waals surface area contributed by atoms with Crippen LogP contribution in [0.4, 0.5) is 11.4 Å². The molecule has 1 N–H and O–H groups in total. The van der Waals surface area contributed by atoms with Gasteiger partial charge in [-0.05, 0) is 38.7 Å². The molecule has 0 aromatic heterocycles. The van der Waals surface area contributed by atoms with Crippen LogP contribution in [0.2, 0.25) is 0 Å². The molecule has 2 rings (SSSR count). The Labute approximate surface area is 113 Å². The van der Waals surface area contributed by atoms with Crippen molar-refractivity contribution >= 4 is 11.4 Å². The smallest absolute Gasteiger partial charge is 0.311 e. The van der Waals surface area contributed by atoms with Gasteiger partial charge in [0.1, 0.15) is 0 Å². The van der Waals surface area contributed by atoms with E-state index < -0.39 is 4.92 Å². The standard InChI is InChI=1S/C14H20N2O3/c1-3-14(8-5-9-14)15-11-6-7-12(16(17)18)13(10-11)19-4-2/h6-7,10,15H,3-5,8-9H2,1-2H3. The molecule has 104 valence electrons. The molecule has 5 heteroatoms. The van der Waals surface area contributed by atoms with Gasteiger partial charge in [-0.15, -0.1) is 0 Å². The van der Waals surface area contributed by atoms with Crippen molar-refractivity contribution in [2.75, 3.05) is 11.9 Å². The van der Waals surface area contributed by atoms with Crippen LogP contribution in [0.25, 0.3) is 0 Å². The number of rotatable bonds is 6. The Hall–Kier alpha value is -1.78. The highest BCUT2D eigenvalue weighted by atomic mass is 16.6. The molecule has 1 aromatic carbocycles. The second-order valence-electron chi connectivity index (χ2n) is 4.99. The molecule has 19 heavy (non-hydrogen) atoms. The summed E-state index contributed by atoms with van der Waals surface area (Å²) in [6.07, 6.45) is 4.62. The zero-order valence-electron chi connectivity index (χ0n) is 11.4. The molecule has 0 unspecified atom stereocenters. The van der Waals surface area contributed by atoms with Crippen molar-refractivity contribution in [3.8, 4) is 5.75 Å². The summed E-state index contributed by atoms with van der Waals surface area (Å²) in [5.74, 6) is 0.336. The van der Waals surface area contributed by atoms with E-state index in [1.54, 1.807) is 12.1 Å². The molecule has 0 radical (unpaired) electrons. The first-order valence-electron chi connectivity index (χ1n) is 6.79. The number of hydrogen-bond donors (Lipinski definition) is 1. The Bertz CT molecular complexity index is 464. The second kappa shape index (κ2) is 5.47. The van der Waals surface area contributed by atoms with Crippen LogP contribution >= 0.6 is 0 Å². The lowest BCUT2D eigenvalue weighted by Crippen LogP contribution is -2.44. The third-order valence-electron chi connectivity index (χ3n) is 3.85. The number of benzene rings is 1. The van der Waals surface area contributed by atoms with Crippen molar-refractivity contribution in [2.45, 2.75) is 45.1 Å². The Morgan fingerprint density at radius 3 is 2.63 bits per heavy atom. The zero-order valence-corrected chi connectivity index (χ0v) is 11.4. The number of anilines is 1. The van der Waals surface area contributed by atoms with Crippen molar-refractivity contribution in [3.05, 3.63) is 28.3 Å². The van der Waals surface area contributed by atoms with E-state index in [-0.39, 0.29) is 11.2 Å². The largest absolute Gasteiger partial charge is 0.487 e. The molecular formula is C14H20N2O3. The molecule has 1 aliphatic carbocycles. The van der Waals surface area contributed by atoms with Crippen molar-refractivity contribution in [2.24, 2.45) is 0 Å². The molecular weight excluding hydrogens is 244 g/mol. The number of nitro groups is 1. The molecule has 1 aliphatic rings. The van der Waals surface area contributed by atoms with E-state index in [1.807, 2.05) is 6.92 Å². The lowest BCUT2D eigenvalue weighted by Gasteiger charge is -2.43. The summed E-state index contributed by atoms with van der Waals surface area (Å²) in [4.78, 5) is 10.5. The fourth-order valence-corrected chi connectivity index (χ4v) is 2.49. The summed E-state index contributed by atoms with van der Waals surface area (Å²) in [6.45, 7) is 4.41. The average Bonchev–Trinajstić information content (AvgIpc) is 2.34. The normalized spacial score (nSPS) is 16.5. The van der Waals surface area contributed by atoms with Crippen LogP contribution < -0.4 is 10.1 Å². The topological polar surface area (TPSA) is 64.4 Å². The quantitative estimate of drug-likeness (QED) is 0.628. The van der Waals surface area contributed by atoms with Crippen LogP contribution in [0.5, 0.6) is 5.75 Å². The number of ether oxygens (including phenoxy) is 1. The van der Waals surface area contributed by atoms with Gasteiger partial charge < -0.3 is 10.1 Å². The van der Waals surface area contributed by atoms with Gasteiger partial charge in [-0.25, -0.2) is 0 Å². The maximum atomic E-state index is 10.9. The molecule has 1 fully saturated rings. The number of nitro benzene ring substituents is 1. The minimum atomic E-state index is -0.409. The predicted molar refractivity (Wildman–Crippen MR) is 74.8 cm³/mol. The molecule has 1 aromatic rings. The van der Waals surface area contributed by atoms with Crippen LogP contribution in [0.1, 0.15) is 39.5 Å². The third kappa shape index (κ3) is 2.80. The molecule has 5 nitrogen and oxygen atoms in total. The highest BCUT2D eigenvalue weighted by Crippen LogP contribution is 2.39. The van der Waals surface area contributed by atoms with Crippen molar-refractivity contribution in [1.29, 1.82) is 0 Å². The van der Waals surface area contributed by atoms with Gasteiger partial charge in [0.15, 0.2) is 5.75 Å². The first kappa shape index (κ1) is 13.6. The number of nitrogens with zero attached hydrogens (tertiary/aromatic N) is 1. The first-order chi connectivity index (χ1) is 9.10. The van der Waals surface area contributed by atoms with Crippen LogP contribution in [-0.4, -0.2) is 17.1 Å². The Morgan fingerprint density at radius 2 is 2.16 bits per heavy atom. The van der Waals surface area contributed by atoms with Gasteiger partial charge in [0.2, 0.25) is 0 Å². The highest BCUT2D eigenvalue weighted by Gasteiger charge is 2.35. The third-order valence-corrected chi connectivity index (χ3v) is 3.85. The first-order valence-corrected chi connectivity index (χ1v) is 6.79. The van der Waals surface area contributed by atoms with E-state index in [0.29, 0.717) is 12.4 Å². The maximum absolute atomic E-state index is 10.9. The van der Waals surface area contributed by atoms with E-state index >= 15 is 0 Å². The van der Waals surface area contributed by atoms with Gasteiger partial charge in [-0.3, -0.25) is 10.1 Å². The monoisotopic (exact) mass is 264 g/mol. The molecule has 0 spiro atoms. The van der Waals surface area contributed by atoms with Crippen molar-refractivity contribution in [3.63, 3.8) is 0 Å². The molecule has 0 bridgehead atoms. The van der Waals surface area contributed by atoms with E-state index in [2.05, 4.69) is 12.2 Å². The van der Waals surface area contributed by atoms with Gasteiger partial charge in [-0.1, -0.05) is 6.92 Å². The minimum Gasteiger partial charge on any atom is -0.487 e. The molecule has 0 atom stereocenters. The van der Waals surface area contributed by atoms with Gasteiger partial charge in [0, 0.05) is 23.4 Å². The lowest BCUT2D eigenvalue weighted by molar-refractivity contribution is -0.385. The summed E-state index contributed by atoms with van der Waals surface area (Å²) >= 11 is 0. The van der Waals surface area contributed by atoms with Gasteiger partial charge in [0.25, 0.3) is 0 Å².